The highest BCUT2D eigenvalue weighted by molar-refractivity contribution is 5.91. The monoisotopic (exact) mass is 495 g/mol. The second kappa shape index (κ2) is 10.5. The topological polar surface area (TPSA) is 103 Å². The minimum Gasteiger partial charge on any atom is -0.495 e. The van der Waals surface area contributed by atoms with Gasteiger partial charge in [-0.1, -0.05) is 18.2 Å². The van der Waals surface area contributed by atoms with Crippen molar-refractivity contribution in [3.8, 4) is 34.0 Å². The van der Waals surface area contributed by atoms with E-state index >= 15 is 0 Å². The zero-order chi connectivity index (χ0) is 25.8. The lowest BCUT2D eigenvalue weighted by molar-refractivity contribution is 0.261. The summed E-state index contributed by atoms with van der Waals surface area (Å²) in [4.78, 5) is 11.4. The van der Waals surface area contributed by atoms with Crippen molar-refractivity contribution in [3.05, 3.63) is 79.1 Å². The molecule has 9 nitrogen and oxygen atoms in total. The van der Waals surface area contributed by atoms with E-state index in [1.807, 2.05) is 87.0 Å². The van der Waals surface area contributed by atoms with Crippen molar-refractivity contribution >= 4 is 22.8 Å². The minimum atomic E-state index is 0.467. The molecule has 0 saturated heterocycles. The number of likely N-dealkylation sites (N-methyl/N-ethyl adjacent to an activating group) is 1. The third-order valence-electron chi connectivity index (χ3n) is 5.81. The maximum atomic E-state index is 6.09. The van der Waals surface area contributed by atoms with E-state index in [1.165, 1.54) is 0 Å². The lowest BCUT2D eigenvalue weighted by atomic mass is 10.0. The number of nitrogens with zero attached hydrogens (tertiary/aromatic N) is 5. The van der Waals surface area contributed by atoms with Crippen molar-refractivity contribution in [1.29, 1.82) is 0 Å². The minimum absolute atomic E-state index is 0.467. The zero-order valence-electron chi connectivity index (χ0n) is 21.0. The van der Waals surface area contributed by atoms with Crippen LogP contribution in [0.1, 0.15) is 0 Å². The second-order valence-corrected chi connectivity index (χ2v) is 8.82. The van der Waals surface area contributed by atoms with Crippen LogP contribution >= 0.6 is 0 Å². The predicted molar refractivity (Wildman–Crippen MR) is 146 cm³/mol. The van der Waals surface area contributed by atoms with E-state index < -0.39 is 0 Å². The summed E-state index contributed by atoms with van der Waals surface area (Å²) in [7, 11) is 5.67. The lowest BCUT2D eigenvalue weighted by Crippen LogP contribution is -2.19. The molecule has 0 aliphatic heterocycles. The number of hydrogen-bond acceptors (Lipinski definition) is 8. The SMILES string of the molecule is COc1ccc2c(-c3ccnc(Nc4cccc(OCCN(C)C)c4)n3)c(-c3cccc(N)c3)nn2c1. The number of nitrogen functional groups attached to an aromatic ring is 1. The molecule has 0 radical (unpaired) electrons. The Kier molecular flexibility index (Phi) is 6.87. The first kappa shape index (κ1) is 24.1. The molecule has 0 amide bonds. The Morgan fingerprint density at radius 3 is 2.68 bits per heavy atom. The third kappa shape index (κ3) is 5.46. The molecule has 0 unspecified atom stereocenters. The van der Waals surface area contributed by atoms with Crippen molar-refractivity contribution in [3.63, 3.8) is 0 Å². The third-order valence-corrected chi connectivity index (χ3v) is 5.81. The molecular weight excluding hydrogens is 466 g/mol. The van der Waals surface area contributed by atoms with E-state index in [9.17, 15) is 0 Å². The fourth-order valence-electron chi connectivity index (χ4n) is 3.99. The van der Waals surface area contributed by atoms with Crippen molar-refractivity contribution in [2.24, 2.45) is 0 Å². The van der Waals surface area contributed by atoms with E-state index in [2.05, 4.69) is 15.2 Å². The van der Waals surface area contributed by atoms with Crippen molar-refractivity contribution < 1.29 is 9.47 Å². The van der Waals surface area contributed by atoms with Gasteiger partial charge in [-0.25, -0.2) is 14.5 Å². The summed E-state index contributed by atoms with van der Waals surface area (Å²) in [6, 6.07) is 21.2. The number of aromatic nitrogens is 4. The summed E-state index contributed by atoms with van der Waals surface area (Å²) in [5.41, 5.74) is 11.7. The van der Waals surface area contributed by atoms with Gasteiger partial charge in [-0.05, 0) is 56.6 Å². The fraction of sp³-hybridized carbons (Fsp3) is 0.179. The summed E-state index contributed by atoms with van der Waals surface area (Å²) in [6.45, 7) is 1.44. The number of nitrogens with two attached hydrogens (primary N) is 1. The maximum absolute atomic E-state index is 6.09. The molecule has 0 fully saturated rings. The quantitative estimate of drug-likeness (QED) is 0.283. The Balaban J connectivity index is 1.51. The first-order valence-corrected chi connectivity index (χ1v) is 11.9. The average molecular weight is 496 g/mol. The van der Waals surface area contributed by atoms with Crippen molar-refractivity contribution in [2.45, 2.75) is 0 Å². The Labute approximate surface area is 215 Å². The molecule has 5 aromatic rings. The van der Waals surface area contributed by atoms with Gasteiger partial charge in [0.1, 0.15) is 23.8 Å². The van der Waals surface area contributed by atoms with Crippen LogP contribution in [0, 0.1) is 0 Å². The summed E-state index contributed by atoms with van der Waals surface area (Å²) in [5.74, 6) is 1.95. The number of nitrogens with one attached hydrogen (secondary N) is 1. The molecule has 0 saturated carbocycles. The number of anilines is 3. The summed E-state index contributed by atoms with van der Waals surface area (Å²) >= 11 is 0. The zero-order valence-corrected chi connectivity index (χ0v) is 21.0. The highest BCUT2D eigenvalue weighted by Crippen LogP contribution is 2.36. The molecule has 3 N–H and O–H groups in total. The largest absolute Gasteiger partial charge is 0.495 e. The molecule has 3 heterocycles. The fourth-order valence-corrected chi connectivity index (χ4v) is 3.99. The molecule has 2 aromatic carbocycles. The van der Waals surface area contributed by atoms with Crippen molar-refractivity contribution in [1.82, 2.24) is 24.5 Å². The van der Waals surface area contributed by atoms with Gasteiger partial charge in [-0.3, -0.25) is 0 Å². The Morgan fingerprint density at radius 1 is 1.00 bits per heavy atom. The van der Waals surface area contributed by atoms with Gasteiger partial charge in [0, 0.05) is 35.7 Å². The first-order valence-electron chi connectivity index (χ1n) is 11.9. The van der Waals surface area contributed by atoms with Gasteiger partial charge in [0.05, 0.1) is 30.1 Å². The van der Waals surface area contributed by atoms with Gasteiger partial charge in [0.15, 0.2) is 0 Å². The maximum Gasteiger partial charge on any atom is 0.227 e. The van der Waals surface area contributed by atoms with Gasteiger partial charge in [0.25, 0.3) is 0 Å². The van der Waals surface area contributed by atoms with Crippen molar-refractivity contribution in [2.75, 3.05) is 45.4 Å². The summed E-state index contributed by atoms with van der Waals surface area (Å²) in [5, 5.41) is 8.16. The average Bonchev–Trinajstić information content (AvgIpc) is 3.28. The van der Waals surface area contributed by atoms with E-state index in [0.717, 1.165) is 46.0 Å². The smallest absolute Gasteiger partial charge is 0.227 e. The van der Waals surface area contributed by atoms with Gasteiger partial charge >= 0.3 is 0 Å². The molecule has 188 valence electrons. The van der Waals surface area contributed by atoms with Crippen LogP contribution in [0.25, 0.3) is 28.0 Å². The second-order valence-electron chi connectivity index (χ2n) is 8.82. The highest BCUT2D eigenvalue weighted by Gasteiger charge is 2.19. The van der Waals surface area contributed by atoms with Gasteiger partial charge in [-0.2, -0.15) is 5.10 Å². The van der Waals surface area contributed by atoms with Crippen LogP contribution in [0.5, 0.6) is 11.5 Å². The molecule has 0 spiro atoms. The molecular formula is C28H29N7O2. The van der Waals surface area contributed by atoms with Crippen LogP contribution in [0.4, 0.5) is 17.3 Å². The Morgan fingerprint density at radius 2 is 1.86 bits per heavy atom. The Bertz CT molecular complexity index is 1530. The van der Waals surface area contributed by atoms with Crippen LogP contribution < -0.4 is 20.5 Å². The standard InChI is InChI=1S/C28H29N7O2/c1-34(2)14-15-37-22-9-5-8-21(17-22)31-28-30-13-12-24(32-28)26-25-11-10-23(36-3)18-35(25)33-27(26)19-6-4-7-20(29)16-19/h4-13,16-18H,14-15,29H2,1-3H3,(H,30,31,32). The molecule has 9 heteroatoms. The van der Waals surface area contributed by atoms with E-state index in [0.29, 0.717) is 24.0 Å². The molecule has 0 aliphatic rings. The number of ether oxygens (including phenoxy) is 2. The number of methoxy groups -OCH3 is 1. The van der Waals surface area contributed by atoms with E-state index in [1.54, 1.807) is 17.8 Å². The summed E-state index contributed by atoms with van der Waals surface area (Å²) in [6.07, 6.45) is 3.58. The normalized spacial score (nSPS) is 11.1. The number of pyridine rings is 1. The molecule has 5 rings (SSSR count). The van der Waals surface area contributed by atoms with Crippen LogP contribution in [0.15, 0.2) is 79.1 Å². The molecule has 0 atom stereocenters. The number of benzene rings is 2. The summed E-state index contributed by atoms with van der Waals surface area (Å²) < 4.78 is 13.1. The molecule has 37 heavy (non-hydrogen) atoms. The molecule has 0 aliphatic carbocycles. The van der Waals surface area contributed by atoms with Crippen LogP contribution in [-0.4, -0.2) is 58.8 Å². The van der Waals surface area contributed by atoms with E-state index in [4.69, 9.17) is 25.3 Å². The highest BCUT2D eigenvalue weighted by atomic mass is 16.5. The van der Waals surface area contributed by atoms with Crippen LogP contribution in [0.2, 0.25) is 0 Å². The Hall–Kier alpha value is -4.63. The van der Waals surface area contributed by atoms with Gasteiger partial charge in [-0.15, -0.1) is 0 Å². The van der Waals surface area contributed by atoms with Crippen LogP contribution in [0.3, 0.4) is 0 Å². The van der Waals surface area contributed by atoms with Gasteiger partial charge in [0.2, 0.25) is 5.95 Å². The predicted octanol–water partition coefficient (Wildman–Crippen LogP) is 4.73. The van der Waals surface area contributed by atoms with E-state index in [-0.39, 0.29) is 0 Å². The molecule has 0 bridgehead atoms. The van der Waals surface area contributed by atoms with Crippen LogP contribution in [-0.2, 0) is 0 Å². The number of rotatable bonds is 9. The number of hydrogen-bond donors (Lipinski definition) is 2. The lowest BCUT2D eigenvalue weighted by Gasteiger charge is -2.12. The first-order chi connectivity index (χ1) is 18.0. The van der Waals surface area contributed by atoms with Gasteiger partial charge < -0.3 is 25.4 Å². The molecule has 3 aromatic heterocycles. The number of fused-ring (bicyclic) bond motifs is 1.